The zero-order chi connectivity index (χ0) is 15.7. The highest BCUT2D eigenvalue weighted by Crippen LogP contribution is 2.30. The van der Waals surface area contributed by atoms with Crippen LogP contribution in [0.3, 0.4) is 0 Å². The van der Waals surface area contributed by atoms with Crippen LogP contribution >= 0.6 is 39.3 Å². The van der Waals surface area contributed by atoms with Crippen molar-refractivity contribution in [2.75, 3.05) is 0 Å². The van der Waals surface area contributed by atoms with E-state index in [0.29, 0.717) is 16.4 Å². The summed E-state index contributed by atoms with van der Waals surface area (Å²) in [4.78, 5) is 12.9. The summed E-state index contributed by atoms with van der Waals surface area (Å²) in [5.74, 6) is 0.684. The van der Waals surface area contributed by atoms with Gasteiger partial charge in [0.05, 0.1) is 0 Å². The third-order valence-corrected chi connectivity index (χ3v) is 5.31. The normalized spacial score (nSPS) is 11.0. The minimum atomic E-state index is -0.333. The summed E-state index contributed by atoms with van der Waals surface area (Å²) in [7, 11) is 0. The van der Waals surface area contributed by atoms with Crippen molar-refractivity contribution in [2.45, 2.75) is 17.6 Å². The molecule has 3 rings (SSSR count). The Bertz CT molecular complexity index is 888. The van der Waals surface area contributed by atoms with Gasteiger partial charge in [0.25, 0.3) is 0 Å². The molecule has 5 heteroatoms. The molecule has 0 aliphatic heterocycles. The van der Waals surface area contributed by atoms with Crippen LogP contribution in [0, 0.1) is 6.92 Å². The van der Waals surface area contributed by atoms with Gasteiger partial charge >= 0.3 is 5.63 Å². The van der Waals surface area contributed by atoms with Crippen molar-refractivity contribution in [1.29, 1.82) is 0 Å². The van der Waals surface area contributed by atoms with E-state index < -0.39 is 0 Å². The van der Waals surface area contributed by atoms with Crippen molar-refractivity contribution in [3.8, 4) is 0 Å². The average Bonchev–Trinajstić information content (AvgIpc) is 2.48. The van der Waals surface area contributed by atoms with Gasteiger partial charge in [0.2, 0.25) is 0 Å². The summed E-state index contributed by atoms with van der Waals surface area (Å²) in [6.45, 7) is 1.89. The highest BCUT2D eigenvalue weighted by molar-refractivity contribution is 9.10. The van der Waals surface area contributed by atoms with Crippen LogP contribution in [0.4, 0.5) is 0 Å². The second kappa shape index (κ2) is 6.49. The Balaban J connectivity index is 1.97. The van der Waals surface area contributed by atoms with Gasteiger partial charge in [-0.3, -0.25) is 0 Å². The van der Waals surface area contributed by atoms with Crippen molar-refractivity contribution < 1.29 is 4.42 Å². The highest BCUT2D eigenvalue weighted by Gasteiger charge is 2.09. The van der Waals surface area contributed by atoms with Gasteiger partial charge in [0, 0.05) is 31.6 Å². The first kappa shape index (κ1) is 15.7. The first-order valence-electron chi connectivity index (χ1n) is 6.64. The van der Waals surface area contributed by atoms with Gasteiger partial charge in [0.15, 0.2) is 0 Å². The summed E-state index contributed by atoms with van der Waals surface area (Å²) in [6, 6.07) is 13.3. The fourth-order valence-corrected chi connectivity index (χ4v) is 3.48. The molecule has 1 aromatic heterocycles. The number of fused-ring (bicyclic) bond motifs is 1. The standard InChI is InChI=1S/C17H12BrClO2S/c1-10-6-16-14(8-15(10)19)11(7-17(20)21-16)9-22-13-4-2-12(18)3-5-13/h2-8H,9H2,1H3. The van der Waals surface area contributed by atoms with Crippen molar-refractivity contribution in [2.24, 2.45) is 0 Å². The number of halogens is 2. The molecule has 2 nitrogen and oxygen atoms in total. The molecule has 0 aliphatic carbocycles. The molecule has 0 fully saturated rings. The molecule has 0 bridgehead atoms. The molecular formula is C17H12BrClO2S. The SMILES string of the molecule is Cc1cc2oc(=O)cc(CSc3ccc(Br)cc3)c2cc1Cl. The number of aryl methyl sites for hydroxylation is 1. The molecule has 0 saturated heterocycles. The Hall–Kier alpha value is -1.23. The molecule has 0 spiro atoms. The Morgan fingerprint density at radius 3 is 2.64 bits per heavy atom. The minimum Gasteiger partial charge on any atom is -0.423 e. The zero-order valence-electron chi connectivity index (χ0n) is 11.7. The number of hydrogen-bond acceptors (Lipinski definition) is 3. The highest BCUT2D eigenvalue weighted by atomic mass is 79.9. The fourth-order valence-electron chi connectivity index (χ4n) is 2.16. The zero-order valence-corrected chi connectivity index (χ0v) is 14.9. The second-order valence-electron chi connectivity index (χ2n) is 4.93. The first-order chi connectivity index (χ1) is 10.5. The van der Waals surface area contributed by atoms with Gasteiger partial charge in [-0.1, -0.05) is 27.5 Å². The molecule has 22 heavy (non-hydrogen) atoms. The molecule has 0 amide bonds. The summed E-state index contributed by atoms with van der Waals surface area (Å²) >= 11 is 11.3. The van der Waals surface area contributed by atoms with E-state index >= 15 is 0 Å². The van der Waals surface area contributed by atoms with Crippen LogP contribution in [0.15, 0.2) is 61.0 Å². The maximum absolute atomic E-state index is 11.7. The molecule has 0 radical (unpaired) electrons. The maximum Gasteiger partial charge on any atom is 0.336 e. The summed E-state index contributed by atoms with van der Waals surface area (Å²) in [6.07, 6.45) is 0. The monoisotopic (exact) mass is 394 g/mol. The Morgan fingerprint density at radius 1 is 1.18 bits per heavy atom. The second-order valence-corrected chi connectivity index (χ2v) is 7.30. The third kappa shape index (κ3) is 3.40. The topological polar surface area (TPSA) is 30.2 Å². The summed E-state index contributed by atoms with van der Waals surface area (Å²) < 4.78 is 6.32. The molecule has 0 atom stereocenters. The number of thioether (sulfide) groups is 1. The van der Waals surface area contributed by atoms with E-state index in [9.17, 15) is 4.79 Å². The van der Waals surface area contributed by atoms with Gasteiger partial charge in [-0.05, 0) is 54.4 Å². The van der Waals surface area contributed by atoms with Gasteiger partial charge in [-0.2, -0.15) is 0 Å². The van der Waals surface area contributed by atoms with Crippen molar-refractivity contribution in [1.82, 2.24) is 0 Å². The predicted octanol–water partition coefficient (Wildman–Crippen LogP) is 5.81. The van der Waals surface area contributed by atoms with Gasteiger partial charge in [0.1, 0.15) is 5.58 Å². The largest absolute Gasteiger partial charge is 0.423 e. The third-order valence-electron chi connectivity index (χ3n) is 3.32. The number of hydrogen-bond donors (Lipinski definition) is 0. The molecule has 112 valence electrons. The van der Waals surface area contributed by atoms with Crippen LogP contribution in [0.1, 0.15) is 11.1 Å². The average molecular weight is 396 g/mol. The van der Waals surface area contributed by atoms with E-state index in [1.54, 1.807) is 17.8 Å². The molecule has 0 aliphatic rings. The van der Waals surface area contributed by atoms with E-state index in [1.165, 1.54) is 0 Å². The molecular weight excluding hydrogens is 384 g/mol. The Labute approximate surface area is 145 Å². The minimum absolute atomic E-state index is 0.333. The predicted molar refractivity (Wildman–Crippen MR) is 95.9 cm³/mol. The molecule has 0 N–H and O–H groups in total. The lowest BCUT2D eigenvalue weighted by Gasteiger charge is -2.07. The molecule has 3 aromatic rings. The van der Waals surface area contributed by atoms with Gasteiger partial charge < -0.3 is 4.42 Å². The van der Waals surface area contributed by atoms with E-state index in [-0.39, 0.29) is 5.63 Å². The van der Waals surface area contributed by atoms with E-state index in [4.69, 9.17) is 16.0 Å². The van der Waals surface area contributed by atoms with Crippen molar-refractivity contribution in [3.63, 3.8) is 0 Å². The molecule has 2 aromatic carbocycles. The van der Waals surface area contributed by atoms with Gasteiger partial charge in [-0.25, -0.2) is 4.79 Å². The van der Waals surface area contributed by atoms with Crippen LogP contribution in [0.5, 0.6) is 0 Å². The van der Waals surface area contributed by atoms with Crippen LogP contribution in [-0.4, -0.2) is 0 Å². The number of benzene rings is 2. The van der Waals surface area contributed by atoms with Crippen LogP contribution in [0.2, 0.25) is 5.02 Å². The van der Waals surface area contributed by atoms with E-state index in [1.807, 2.05) is 43.3 Å². The first-order valence-corrected chi connectivity index (χ1v) is 8.80. The molecule has 0 unspecified atom stereocenters. The maximum atomic E-state index is 11.7. The van der Waals surface area contributed by atoms with Crippen LogP contribution in [-0.2, 0) is 5.75 Å². The van der Waals surface area contributed by atoms with Gasteiger partial charge in [-0.15, -0.1) is 11.8 Å². The lowest BCUT2D eigenvalue weighted by atomic mass is 10.1. The summed E-state index contributed by atoms with van der Waals surface area (Å²) in [5.41, 5.74) is 2.08. The number of rotatable bonds is 3. The van der Waals surface area contributed by atoms with Crippen LogP contribution < -0.4 is 5.63 Å². The summed E-state index contributed by atoms with van der Waals surface area (Å²) in [5, 5.41) is 1.57. The smallest absolute Gasteiger partial charge is 0.336 e. The van der Waals surface area contributed by atoms with Crippen molar-refractivity contribution >= 4 is 50.3 Å². The Kier molecular flexibility index (Phi) is 4.62. The Morgan fingerprint density at radius 2 is 1.91 bits per heavy atom. The quantitative estimate of drug-likeness (QED) is 0.414. The molecule has 0 saturated carbocycles. The lowest BCUT2D eigenvalue weighted by molar-refractivity contribution is 0.559. The lowest BCUT2D eigenvalue weighted by Crippen LogP contribution is -2.00. The van der Waals surface area contributed by atoms with Crippen molar-refractivity contribution in [3.05, 3.63) is 73.5 Å². The van der Waals surface area contributed by atoms with E-state index in [2.05, 4.69) is 15.9 Å². The fraction of sp³-hybridized carbons (Fsp3) is 0.118. The van der Waals surface area contributed by atoms with Crippen LogP contribution in [0.25, 0.3) is 11.0 Å². The van der Waals surface area contributed by atoms with E-state index in [0.717, 1.165) is 25.9 Å². The molecule has 1 heterocycles.